The molecule has 0 saturated carbocycles. The normalized spacial score (nSPS) is 11.2. The highest BCUT2D eigenvalue weighted by Crippen LogP contribution is 2.31. The number of rotatable bonds is 4. The van der Waals surface area contributed by atoms with Crippen molar-refractivity contribution in [2.24, 2.45) is 5.73 Å². The molecule has 4 nitrogen and oxygen atoms in total. The number of nitrogens with zero attached hydrogens (tertiary/aromatic N) is 2. The summed E-state index contributed by atoms with van der Waals surface area (Å²) in [6.45, 7) is 4.89. The molecule has 0 bridgehead atoms. The van der Waals surface area contributed by atoms with E-state index in [4.69, 9.17) is 15.5 Å². The molecule has 0 saturated heterocycles. The van der Waals surface area contributed by atoms with Crippen LogP contribution < -0.4 is 10.5 Å². The number of hydrogen-bond donors (Lipinski definition) is 1. The first kappa shape index (κ1) is 14.1. The van der Waals surface area contributed by atoms with Gasteiger partial charge in [-0.05, 0) is 44.7 Å². The molecule has 0 aliphatic rings. The Balaban J connectivity index is 2.18. The second-order valence-electron chi connectivity index (χ2n) is 5.04. The predicted molar refractivity (Wildman–Crippen MR) is 87.3 cm³/mol. The molecule has 0 amide bonds. The van der Waals surface area contributed by atoms with Gasteiger partial charge in [-0.25, -0.2) is 4.98 Å². The lowest BCUT2D eigenvalue weighted by atomic mass is 10.1. The van der Waals surface area contributed by atoms with Gasteiger partial charge in [0.05, 0.1) is 18.5 Å². The second-order valence-corrected chi connectivity index (χ2v) is 6.22. The Morgan fingerprint density at radius 3 is 2.57 bits per heavy atom. The van der Waals surface area contributed by atoms with Gasteiger partial charge >= 0.3 is 0 Å². The van der Waals surface area contributed by atoms with E-state index >= 15 is 0 Å². The number of aryl methyl sites for hydroxylation is 2. The average molecular weight is 301 g/mol. The quantitative estimate of drug-likeness (QED) is 0.805. The zero-order valence-corrected chi connectivity index (χ0v) is 13.3. The van der Waals surface area contributed by atoms with E-state index in [1.54, 1.807) is 18.4 Å². The number of aromatic nitrogens is 2. The van der Waals surface area contributed by atoms with Crippen molar-refractivity contribution in [2.45, 2.75) is 20.3 Å². The molecule has 3 aromatic rings. The van der Waals surface area contributed by atoms with Crippen LogP contribution >= 0.6 is 11.3 Å². The van der Waals surface area contributed by atoms with Crippen molar-refractivity contribution in [2.75, 3.05) is 13.7 Å². The molecule has 0 unspecified atom stereocenters. The van der Waals surface area contributed by atoms with Crippen LogP contribution in [0, 0.1) is 13.8 Å². The third-order valence-electron chi connectivity index (χ3n) is 3.78. The molecular formula is C16H19N3OS. The summed E-state index contributed by atoms with van der Waals surface area (Å²) in [4.78, 5) is 7.17. The smallest absolute Gasteiger partial charge is 0.194 e. The Morgan fingerprint density at radius 2 is 1.95 bits per heavy atom. The van der Waals surface area contributed by atoms with Crippen LogP contribution in [0.1, 0.15) is 16.3 Å². The molecular weight excluding hydrogens is 282 g/mol. The minimum absolute atomic E-state index is 0.616. The first-order chi connectivity index (χ1) is 10.2. The van der Waals surface area contributed by atoms with E-state index < -0.39 is 0 Å². The standard InChI is InChI=1S/C16H19N3OS/c1-10-11(2)21-16-18-15(14(8-9-17)19(10)16)12-4-6-13(20-3)7-5-12/h4-7H,8-9,17H2,1-3H3. The van der Waals surface area contributed by atoms with E-state index in [0.29, 0.717) is 6.54 Å². The van der Waals surface area contributed by atoms with Crippen LogP contribution in [0.3, 0.4) is 0 Å². The molecule has 1 aromatic carbocycles. The van der Waals surface area contributed by atoms with Gasteiger partial charge in [0.25, 0.3) is 0 Å². The van der Waals surface area contributed by atoms with E-state index in [1.165, 1.54) is 16.3 Å². The Kier molecular flexibility index (Phi) is 3.69. The molecule has 0 aliphatic carbocycles. The van der Waals surface area contributed by atoms with Crippen LogP contribution in [-0.4, -0.2) is 23.0 Å². The number of imidazole rings is 1. The summed E-state index contributed by atoms with van der Waals surface area (Å²) in [5, 5.41) is 0. The molecule has 0 atom stereocenters. The van der Waals surface area contributed by atoms with Crippen molar-refractivity contribution in [1.29, 1.82) is 0 Å². The SMILES string of the molecule is COc1ccc(-c2nc3sc(C)c(C)n3c2CCN)cc1. The molecule has 0 radical (unpaired) electrons. The number of hydrogen-bond acceptors (Lipinski definition) is 4. The number of thiazole rings is 1. The van der Waals surface area contributed by atoms with Gasteiger partial charge in [-0.1, -0.05) is 0 Å². The summed E-state index contributed by atoms with van der Waals surface area (Å²) in [6.07, 6.45) is 0.819. The second kappa shape index (κ2) is 5.50. The van der Waals surface area contributed by atoms with E-state index in [9.17, 15) is 0 Å². The highest BCUT2D eigenvalue weighted by molar-refractivity contribution is 7.17. The van der Waals surface area contributed by atoms with E-state index in [1.807, 2.05) is 24.3 Å². The van der Waals surface area contributed by atoms with Crippen LogP contribution in [0.2, 0.25) is 0 Å². The van der Waals surface area contributed by atoms with E-state index in [2.05, 4.69) is 18.2 Å². The lowest BCUT2D eigenvalue weighted by Crippen LogP contribution is -2.06. The summed E-state index contributed by atoms with van der Waals surface area (Å²) in [7, 11) is 1.67. The summed E-state index contributed by atoms with van der Waals surface area (Å²) in [5.41, 5.74) is 10.4. The van der Waals surface area contributed by atoms with E-state index in [-0.39, 0.29) is 0 Å². The monoisotopic (exact) mass is 301 g/mol. The molecule has 5 heteroatoms. The molecule has 0 spiro atoms. The van der Waals surface area contributed by atoms with Gasteiger partial charge in [0.2, 0.25) is 0 Å². The van der Waals surface area contributed by atoms with Crippen LogP contribution in [0.4, 0.5) is 0 Å². The van der Waals surface area contributed by atoms with Crippen LogP contribution in [-0.2, 0) is 6.42 Å². The number of fused-ring (bicyclic) bond motifs is 1. The first-order valence-corrected chi connectivity index (χ1v) is 7.79. The number of ether oxygens (including phenoxy) is 1. The molecule has 2 heterocycles. The van der Waals surface area contributed by atoms with Crippen molar-refractivity contribution in [3.05, 3.63) is 40.5 Å². The summed E-state index contributed by atoms with van der Waals surface area (Å²) in [6, 6.07) is 8.03. The Bertz CT molecular complexity index is 771. The first-order valence-electron chi connectivity index (χ1n) is 6.97. The number of nitrogens with two attached hydrogens (primary N) is 1. The van der Waals surface area contributed by atoms with Crippen molar-refractivity contribution >= 4 is 16.3 Å². The van der Waals surface area contributed by atoms with Gasteiger partial charge in [0, 0.05) is 22.6 Å². The fourth-order valence-corrected chi connectivity index (χ4v) is 3.55. The molecule has 0 fully saturated rings. The maximum absolute atomic E-state index is 5.80. The van der Waals surface area contributed by atoms with Gasteiger partial charge < -0.3 is 10.5 Å². The fraction of sp³-hybridized carbons (Fsp3) is 0.312. The predicted octanol–water partition coefficient (Wildman–Crippen LogP) is 3.19. The van der Waals surface area contributed by atoms with Crippen LogP contribution in [0.5, 0.6) is 5.75 Å². The minimum atomic E-state index is 0.616. The zero-order chi connectivity index (χ0) is 15.0. The van der Waals surface area contributed by atoms with Gasteiger partial charge in [-0.2, -0.15) is 0 Å². The van der Waals surface area contributed by atoms with Gasteiger partial charge in [-0.3, -0.25) is 4.40 Å². The largest absolute Gasteiger partial charge is 0.497 e. The number of benzene rings is 1. The van der Waals surface area contributed by atoms with Crippen LogP contribution in [0.25, 0.3) is 16.2 Å². The third kappa shape index (κ3) is 2.32. The summed E-state index contributed by atoms with van der Waals surface area (Å²) in [5.74, 6) is 0.854. The van der Waals surface area contributed by atoms with Gasteiger partial charge in [0.15, 0.2) is 4.96 Å². The summed E-state index contributed by atoms with van der Waals surface area (Å²) < 4.78 is 7.46. The Morgan fingerprint density at radius 1 is 1.24 bits per heavy atom. The topological polar surface area (TPSA) is 52.5 Å². The maximum Gasteiger partial charge on any atom is 0.194 e. The van der Waals surface area contributed by atoms with Crippen molar-refractivity contribution in [3.8, 4) is 17.0 Å². The fourth-order valence-electron chi connectivity index (χ4n) is 2.56. The van der Waals surface area contributed by atoms with Gasteiger partial charge in [0.1, 0.15) is 5.75 Å². The molecule has 2 aromatic heterocycles. The Labute approximate surface area is 128 Å². The molecule has 0 aliphatic heterocycles. The summed E-state index contributed by atoms with van der Waals surface area (Å²) >= 11 is 1.73. The average Bonchev–Trinajstić information content (AvgIpc) is 2.98. The highest BCUT2D eigenvalue weighted by Gasteiger charge is 2.17. The van der Waals surface area contributed by atoms with Crippen molar-refractivity contribution in [3.63, 3.8) is 0 Å². The highest BCUT2D eigenvalue weighted by atomic mass is 32.1. The van der Waals surface area contributed by atoms with Crippen LogP contribution in [0.15, 0.2) is 24.3 Å². The molecule has 2 N–H and O–H groups in total. The number of methoxy groups -OCH3 is 1. The lowest BCUT2D eigenvalue weighted by molar-refractivity contribution is 0.415. The molecule has 21 heavy (non-hydrogen) atoms. The van der Waals surface area contributed by atoms with Crippen molar-refractivity contribution in [1.82, 2.24) is 9.38 Å². The Hall–Kier alpha value is -1.85. The van der Waals surface area contributed by atoms with Gasteiger partial charge in [-0.15, -0.1) is 11.3 Å². The maximum atomic E-state index is 5.80. The van der Waals surface area contributed by atoms with E-state index in [0.717, 1.165) is 28.4 Å². The zero-order valence-electron chi connectivity index (χ0n) is 12.5. The third-order valence-corrected chi connectivity index (χ3v) is 4.83. The lowest BCUT2D eigenvalue weighted by Gasteiger charge is -2.06. The molecule has 110 valence electrons. The molecule has 3 rings (SSSR count). The minimum Gasteiger partial charge on any atom is -0.497 e. The van der Waals surface area contributed by atoms with Crippen molar-refractivity contribution < 1.29 is 4.74 Å².